The van der Waals surface area contributed by atoms with Gasteiger partial charge in [-0.05, 0) is 57.9 Å². The Morgan fingerprint density at radius 3 is 2.40 bits per heavy atom. The van der Waals surface area contributed by atoms with Crippen molar-refractivity contribution >= 4 is 34.3 Å². The van der Waals surface area contributed by atoms with E-state index in [1.54, 1.807) is 31.2 Å². The van der Waals surface area contributed by atoms with Crippen molar-refractivity contribution in [1.82, 2.24) is 15.1 Å². The van der Waals surface area contributed by atoms with Gasteiger partial charge in [-0.3, -0.25) is 14.5 Å². The fourth-order valence-electron chi connectivity index (χ4n) is 5.77. The third kappa shape index (κ3) is 8.25. The fraction of sp³-hybridized carbons (Fsp3) is 0.516. The van der Waals surface area contributed by atoms with Gasteiger partial charge in [-0.25, -0.2) is 4.39 Å². The molecule has 2 aromatic rings. The number of carbonyl (C=O) groups is 3. The summed E-state index contributed by atoms with van der Waals surface area (Å²) in [6, 6.07) is 9.54. The Bertz CT molecular complexity index is 1320. The van der Waals surface area contributed by atoms with Gasteiger partial charge < -0.3 is 29.6 Å². The number of aryl methyl sites for hydroxylation is 1. The molecule has 1 heterocycles. The highest BCUT2D eigenvalue weighted by atomic mass is 19.1. The summed E-state index contributed by atoms with van der Waals surface area (Å²) in [5.74, 6) is -1.40. The molecule has 9 nitrogen and oxygen atoms in total. The minimum Gasteiger partial charge on any atom is -0.502 e. The lowest BCUT2D eigenvalue weighted by Crippen LogP contribution is -2.57. The smallest absolute Gasteiger partial charge is 0.273 e. The van der Waals surface area contributed by atoms with Crippen LogP contribution >= 0.6 is 0 Å². The van der Waals surface area contributed by atoms with Gasteiger partial charge in [0.25, 0.3) is 5.91 Å². The number of hydrogen-bond donors (Lipinski definition) is 2. The first-order valence-corrected chi connectivity index (χ1v) is 14.1. The summed E-state index contributed by atoms with van der Waals surface area (Å²) in [5.41, 5.74) is -1.38. The van der Waals surface area contributed by atoms with Crippen LogP contribution in [0.1, 0.15) is 62.8 Å². The summed E-state index contributed by atoms with van der Waals surface area (Å²) in [6.45, 7) is 11.4. The van der Waals surface area contributed by atoms with Crippen LogP contribution in [-0.2, 0) is 37.6 Å². The Hall–Kier alpha value is -3.21. The molecule has 1 aliphatic rings. The maximum atomic E-state index is 15.5. The Balaban J connectivity index is 1.87. The van der Waals surface area contributed by atoms with E-state index in [0.717, 1.165) is 10.5 Å². The number of ether oxygens (including phenoxy) is 2. The molecule has 1 atom stereocenters. The molecule has 4 radical (unpaired) electrons. The van der Waals surface area contributed by atoms with E-state index >= 15 is 4.39 Å². The Kier molecular flexibility index (Phi) is 10.5. The van der Waals surface area contributed by atoms with Crippen molar-refractivity contribution in [2.45, 2.75) is 82.9 Å². The van der Waals surface area contributed by atoms with Crippen molar-refractivity contribution in [3.63, 3.8) is 0 Å². The molecule has 0 saturated carbocycles. The summed E-state index contributed by atoms with van der Waals surface area (Å²) in [5, 5.41) is 11.3. The average Bonchev–Trinajstić information content (AvgIpc) is 2.89. The second-order valence-corrected chi connectivity index (χ2v) is 12.4. The predicted octanol–water partition coefficient (Wildman–Crippen LogP) is 2.42. The predicted molar refractivity (Wildman–Crippen MR) is 162 cm³/mol. The van der Waals surface area contributed by atoms with Gasteiger partial charge in [0.2, 0.25) is 12.1 Å². The molecule has 228 valence electrons. The number of hydrogen-bond acceptors (Lipinski definition) is 7. The molecular formula is C31H40B2FN3O6. The zero-order chi connectivity index (χ0) is 32.2. The molecular weight excluding hydrogens is 551 g/mol. The van der Waals surface area contributed by atoms with E-state index in [4.69, 9.17) is 25.2 Å². The topological polar surface area (TPSA) is 108 Å². The molecule has 2 aromatic carbocycles. The van der Waals surface area contributed by atoms with E-state index in [2.05, 4.69) is 10.2 Å². The number of benzene rings is 2. The van der Waals surface area contributed by atoms with E-state index in [0.29, 0.717) is 43.5 Å². The third-order valence-corrected chi connectivity index (χ3v) is 7.40. The van der Waals surface area contributed by atoms with Crippen LogP contribution in [-0.4, -0.2) is 86.3 Å². The van der Waals surface area contributed by atoms with Gasteiger partial charge in [-0.15, -0.1) is 0 Å². The molecule has 3 rings (SSSR count). The molecule has 0 spiro atoms. The molecule has 1 saturated heterocycles. The number of nitrogens with one attached hydrogen (secondary N) is 1. The first kappa shape index (κ1) is 34.3. The monoisotopic (exact) mass is 591 g/mol. The second kappa shape index (κ2) is 13.2. The zero-order valence-corrected chi connectivity index (χ0v) is 25.8. The number of aliphatic hydroxyl groups is 1. The van der Waals surface area contributed by atoms with Gasteiger partial charge in [0.1, 0.15) is 33.5 Å². The summed E-state index contributed by atoms with van der Waals surface area (Å²) in [7, 11) is 14.0. The normalized spacial score (nSPS) is 17.9. The molecule has 0 aromatic heterocycles. The summed E-state index contributed by atoms with van der Waals surface area (Å²) < 4.78 is 27.6. The van der Waals surface area contributed by atoms with Gasteiger partial charge in [0.15, 0.2) is 0 Å². The highest BCUT2D eigenvalue weighted by Gasteiger charge is 2.42. The number of amides is 2. The van der Waals surface area contributed by atoms with E-state index in [9.17, 15) is 19.5 Å². The van der Waals surface area contributed by atoms with Crippen LogP contribution in [0.5, 0.6) is 5.75 Å². The molecule has 1 aliphatic heterocycles. The first-order chi connectivity index (χ1) is 20.0. The van der Waals surface area contributed by atoms with E-state index in [-0.39, 0.29) is 41.9 Å². The molecule has 43 heavy (non-hydrogen) atoms. The molecule has 1 unspecified atom stereocenters. The van der Waals surface area contributed by atoms with Crippen LogP contribution in [0, 0.1) is 12.7 Å². The molecule has 2 N–H and O–H groups in total. The minimum absolute atomic E-state index is 0.0913. The largest absolute Gasteiger partial charge is 0.502 e. The van der Waals surface area contributed by atoms with Crippen molar-refractivity contribution in [2.75, 3.05) is 20.1 Å². The lowest BCUT2D eigenvalue weighted by molar-refractivity contribution is -0.182. The molecule has 0 bridgehead atoms. The third-order valence-electron chi connectivity index (χ3n) is 7.40. The van der Waals surface area contributed by atoms with Crippen LogP contribution in [0.4, 0.5) is 4.39 Å². The van der Waals surface area contributed by atoms with Crippen LogP contribution < -0.4 is 10.1 Å². The standard InChI is InChI=1S/C31H40B2FN3O6/c1-21-9-7-10-26(23(21)17-37(20-39)30(41,13-8-14-38)27(40)35-6)42-31(32,33)24-12-11-22(15-25(24)34)16-36-18-28(2,3)43-29(4,5)19-36/h7,9-12,14-15,20,41H,8,13,16-19H2,1-6H3,(H,35,40). The number of aldehydes is 1. The van der Waals surface area contributed by atoms with Crippen molar-refractivity contribution < 1.29 is 33.4 Å². The lowest BCUT2D eigenvalue weighted by Gasteiger charge is -2.47. The van der Waals surface area contributed by atoms with Gasteiger partial charge in [-0.1, -0.05) is 24.3 Å². The van der Waals surface area contributed by atoms with Crippen molar-refractivity contribution in [2.24, 2.45) is 0 Å². The number of likely N-dealkylation sites (N-methyl/N-ethyl adjacent to an activating group) is 1. The van der Waals surface area contributed by atoms with Gasteiger partial charge in [-0.2, -0.15) is 0 Å². The van der Waals surface area contributed by atoms with Gasteiger partial charge in [0.05, 0.1) is 23.1 Å². The van der Waals surface area contributed by atoms with E-state index in [1.807, 2.05) is 27.7 Å². The molecule has 0 aliphatic carbocycles. The number of morpholine rings is 1. The van der Waals surface area contributed by atoms with Crippen molar-refractivity contribution in [3.05, 3.63) is 64.5 Å². The first-order valence-electron chi connectivity index (χ1n) is 14.1. The minimum atomic E-state index is -2.31. The maximum absolute atomic E-state index is 15.5. The SMILES string of the molecule is [B]C([B])(Oc1cccc(C)c1CN(C=O)C(O)(CCC=O)C(=O)NC)c1ccc(CN2CC(C)(C)OC(C)(C)C2)cc1F. The lowest BCUT2D eigenvalue weighted by atomic mass is 9.61. The highest BCUT2D eigenvalue weighted by Crippen LogP contribution is 2.33. The van der Waals surface area contributed by atoms with Crippen LogP contribution in [0.3, 0.4) is 0 Å². The van der Waals surface area contributed by atoms with Crippen molar-refractivity contribution in [3.8, 4) is 5.75 Å². The van der Waals surface area contributed by atoms with Crippen LogP contribution in [0.25, 0.3) is 0 Å². The second-order valence-electron chi connectivity index (χ2n) is 12.4. The highest BCUT2D eigenvalue weighted by molar-refractivity contribution is 6.39. The summed E-state index contributed by atoms with van der Waals surface area (Å²) in [6.07, 6.45) is 0.352. The van der Waals surface area contributed by atoms with E-state index < -0.39 is 22.8 Å². The van der Waals surface area contributed by atoms with Gasteiger partial charge >= 0.3 is 0 Å². The van der Waals surface area contributed by atoms with Crippen molar-refractivity contribution in [1.29, 1.82) is 0 Å². The van der Waals surface area contributed by atoms with Crippen LogP contribution in [0.2, 0.25) is 0 Å². The summed E-state index contributed by atoms with van der Waals surface area (Å²) >= 11 is 0. The Labute approximate surface area is 255 Å². The van der Waals surface area contributed by atoms with E-state index in [1.165, 1.54) is 19.2 Å². The Morgan fingerprint density at radius 1 is 1.19 bits per heavy atom. The molecule has 2 amide bonds. The quantitative estimate of drug-likeness (QED) is 0.209. The number of nitrogens with zero attached hydrogens (tertiary/aromatic N) is 2. The molecule has 12 heteroatoms. The maximum Gasteiger partial charge on any atom is 0.273 e. The van der Waals surface area contributed by atoms with Gasteiger partial charge in [0, 0.05) is 50.7 Å². The zero-order valence-electron chi connectivity index (χ0n) is 25.8. The Morgan fingerprint density at radius 2 is 1.84 bits per heavy atom. The summed E-state index contributed by atoms with van der Waals surface area (Å²) in [4.78, 5) is 38.7. The number of rotatable bonds is 13. The number of halogens is 1. The fourth-order valence-corrected chi connectivity index (χ4v) is 5.77. The average molecular weight is 591 g/mol. The molecule has 1 fully saturated rings. The van der Waals surface area contributed by atoms with Crippen LogP contribution in [0.15, 0.2) is 36.4 Å². The number of carbonyl (C=O) groups excluding carboxylic acids is 3.